The maximum absolute atomic E-state index is 2.61. The van der Waals surface area contributed by atoms with Gasteiger partial charge in [0.2, 0.25) is 0 Å². The molecule has 0 spiro atoms. The van der Waals surface area contributed by atoms with Gasteiger partial charge in [-0.2, -0.15) is 0 Å². The Labute approximate surface area is 293 Å². The van der Waals surface area contributed by atoms with E-state index in [9.17, 15) is 0 Å². The third-order valence-corrected chi connectivity index (χ3v) is 11.4. The molecule has 11 aromatic rings. The molecular formula is C48H31N3. The average molecular weight is 650 g/mol. The van der Waals surface area contributed by atoms with Crippen molar-refractivity contribution in [3.63, 3.8) is 0 Å². The molecule has 0 radical (unpaired) electrons. The van der Waals surface area contributed by atoms with Gasteiger partial charge in [0, 0.05) is 54.7 Å². The summed E-state index contributed by atoms with van der Waals surface area (Å²) in [5.74, 6) is 0. The van der Waals surface area contributed by atoms with Crippen molar-refractivity contribution >= 4 is 99.4 Å². The lowest BCUT2D eigenvalue weighted by atomic mass is 10.0. The molecule has 7 aromatic carbocycles. The predicted octanol–water partition coefficient (Wildman–Crippen LogP) is 12.8. The van der Waals surface area contributed by atoms with E-state index in [0.29, 0.717) is 0 Å². The SMILES string of the molecule is C1=C\c2c(c3ccccc3n2-c2ccccc2)/C=C(/n2c3ccccc3c3cc4c5ccccc5n5c6cc7ccccc7cc6c(c32)c45)CC/1. The first-order chi connectivity index (χ1) is 25.3. The maximum Gasteiger partial charge on any atom is 0.0642 e. The third-order valence-electron chi connectivity index (χ3n) is 11.4. The number of para-hydroxylation sites is 4. The van der Waals surface area contributed by atoms with Crippen LogP contribution in [0.5, 0.6) is 0 Å². The van der Waals surface area contributed by atoms with Crippen molar-refractivity contribution < 1.29 is 0 Å². The lowest BCUT2D eigenvalue weighted by molar-refractivity contribution is 0.997. The van der Waals surface area contributed by atoms with Gasteiger partial charge in [0.25, 0.3) is 0 Å². The van der Waals surface area contributed by atoms with Crippen molar-refractivity contribution in [3.8, 4) is 5.69 Å². The molecule has 238 valence electrons. The summed E-state index contributed by atoms with van der Waals surface area (Å²) in [5, 5.41) is 11.7. The quantitative estimate of drug-likeness (QED) is 0.177. The van der Waals surface area contributed by atoms with Crippen LogP contribution in [0.15, 0.2) is 152 Å². The van der Waals surface area contributed by atoms with E-state index in [1.807, 2.05) is 0 Å². The number of aromatic nitrogens is 3. The molecule has 0 aliphatic heterocycles. The van der Waals surface area contributed by atoms with Gasteiger partial charge in [-0.1, -0.05) is 103 Å². The van der Waals surface area contributed by atoms with Gasteiger partial charge in [0.05, 0.1) is 38.8 Å². The molecule has 1 aliphatic carbocycles. The first-order valence-electron chi connectivity index (χ1n) is 17.9. The van der Waals surface area contributed by atoms with Gasteiger partial charge in [0.1, 0.15) is 0 Å². The van der Waals surface area contributed by atoms with Crippen LogP contribution < -0.4 is 0 Å². The molecule has 0 unspecified atom stereocenters. The van der Waals surface area contributed by atoms with Crippen LogP contribution >= 0.6 is 0 Å². The Hall–Kier alpha value is -6.58. The van der Waals surface area contributed by atoms with Crippen molar-refractivity contribution in [1.82, 2.24) is 13.5 Å². The van der Waals surface area contributed by atoms with Crippen LogP contribution in [0.25, 0.3) is 105 Å². The summed E-state index contributed by atoms with van der Waals surface area (Å²) in [6.45, 7) is 0. The van der Waals surface area contributed by atoms with E-state index in [-0.39, 0.29) is 0 Å². The summed E-state index contributed by atoms with van der Waals surface area (Å²) in [7, 11) is 0. The van der Waals surface area contributed by atoms with Crippen LogP contribution in [0.3, 0.4) is 0 Å². The second-order valence-corrected chi connectivity index (χ2v) is 14.0. The molecule has 0 N–H and O–H groups in total. The lowest BCUT2D eigenvalue weighted by Crippen LogP contribution is -2.01. The van der Waals surface area contributed by atoms with Crippen LogP contribution in [0.2, 0.25) is 0 Å². The minimum atomic E-state index is 0.930. The Morgan fingerprint density at radius 2 is 1.08 bits per heavy atom. The molecule has 0 atom stereocenters. The Morgan fingerprint density at radius 3 is 1.88 bits per heavy atom. The Morgan fingerprint density at radius 1 is 0.451 bits per heavy atom. The van der Waals surface area contributed by atoms with Gasteiger partial charge in [-0.15, -0.1) is 0 Å². The topological polar surface area (TPSA) is 14.3 Å². The van der Waals surface area contributed by atoms with Gasteiger partial charge >= 0.3 is 0 Å². The standard InChI is InChI=1S/C48H31N3/c1-2-16-32(17-3-1)49-41-22-11-7-19-34(41)37-28-33(18-6-10-25-44(37)49)50-42-23-12-8-20-35(42)38-29-39-36-21-9-13-24-43(36)51-45-27-31-15-5-4-14-30(31)26-40(45)46(47(38)50)48(39)51/h1-5,7-17,19-29H,6,18H2/b25-10-,33-28+. The van der Waals surface area contributed by atoms with Crippen LogP contribution in [-0.2, 0) is 0 Å². The average Bonchev–Trinajstić information content (AvgIpc) is 3.88. The second kappa shape index (κ2) is 9.99. The van der Waals surface area contributed by atoms with Gasteiger partial charge in [-0.3, -0.25) is 0 Å². The predicted molar refractivity (Wildman–Crippen MR) is 217 cm³/mol. The number of fused-ring (bicyclic) bond motifs is 14. The molecule has 51 heavy (non-hydrogen) atoms. The lowest BCUT2D eigenvalue weighted by Gasteiger charge is -2.16. The van der Waals surface area contributed by atoms with E-state index in [0.717, 1.165) is 12.8 Å². The summed E-state index contributed by atoms with van der Waals surface area (Å²) in [4.78, 5) is 0. The largest absolute Gasteiger partial charge is 0.312 e. The molecule has 0 amide bonds. The Balaban J connectivity index is 1.28. The van der Waals surface area contributed by atoms with Crippen LogP contribution in [0.1, 0.15) is 24.1 Å². The summed E-state index contributed by atoms with van der Waals surface area (Å²) < 4.78 is 7.57. The summed E-state index contributed by atoms with van der Waals surface area (Å²) >= 11 is 0. The summed E-state index contributed by atoms with van der Waals surface area (Å²) in [5.41, 5.74) is 12.6. The maximum atomic E-state index is 2.61. The molecule has 0 fully saturated rings. The minimum absolute atomic E-state index is 0.930. The fraction of sp³-hybridized carbons (Fsp3) is 0.0417. The molecule has 1 aliphatic rings. The highest BCUT2D eigenvalue weighted by Crippen LogP contribution is 2.48. The van der Waals surface area contributed by atoms with Crippen molar-refractivity contribution in [3.05, 3.63) is 163 Å². The highest BCUT2D eigenvalue weighted by atomic mass is 15.0. The zero-order chi connectivity index (χ0) is 33.2. The highest BCUT2D eigenvalue weighted by Gasteiger charge is 2.26. The Kier molecular flexibility index (Phi) is 5.34. The monoisotopic (exact) mass is 649 g/mol. The Bertz CT molecular complexity index is 3290. The normalized spacial score (nSPS) is 15.4. The third kappa shape index (κ3) is 3.57. The number of hydrogen-bond donors (Lipinski definition) is 0. The van der Waals surface area contributed by atoms with E-state index in [1.165, 1.54) is 104 Å². The fourth-order valence-corrected chi connectivity index (χ4v) is 9.29. The highest BCUT2D eigenvalue weighted by molar-refractivity contribution is 6.35. The number of allylic oxidation sites excluding steroid dienone is 2. The van der Waals surface area contributed by atoms with Gasteiger partial charge < -0.3 is 13.5 Å². The molecule has 4 heterocycles. The molecule has 12 rings (SSSR count). The smallest absolute Gasteiger partial charge is 0.0642 e. The van der Waals surface area contributed by atoms with Crippen molar-refractivity contribution in [2.24, 2.45) is 0 Å². The minimum Gasteiger partial charge on any atom is -0.312 e. The van der Waals surface area contributed by atoms with Crippen LogP contribution in [0.4, 0.5) is 0 Å². The van der Waals surface area contributed by atoms with Gasteiger partial charge in [0.15, 0.2) is 0 Å². The number of rotatable bonds is 2. The first-order valence-corrected chi connectivity index (χ1v) is 17.9. The molecule has 0 saturated carbocycles. The molecule has 4 aromatic heterocycles. The zero-order valence-electron chi connectivity index (χ0n) is 27.8. The number of hydrogen-bond acceptors (Lipinski definition) is 0. The van der Waals surface area contributed by atoms with E-state index in [1.54, 1.807) is 0 Å². The van der Waals surface area contributed by atoms with Crippen molar-refractivity contribution in [2.45, 2.75) is 12.8 Å². The molecule has 3 heteroatoms. The summed E-state index contributed by atoms with van der Waals surface area (Å²) in [6, 6.07) is 53.7. The van der Waals surface area contributed by atoms with Crippen molar-refractivity contribution in [2.75, 3.05) is 0 Å². The number of benzene rings is 7. The number of nitrogens with zero attached hydrogens (tertiary/aromatic N) is 3. The second-order valence-electron chi connectivity index (χ2n) is 14.0. The molecule has 0 bridgehead atoms. The fourth-order valence-electron chi connectivity index (χ4n) is 9.29. The van der Waals surface area contributed by atoms with Gasteiger partial charge in [-0.05, 0) is 84.3 Å². The van der Waals surface area contributed by atoms with Gasteiger partial charge in [-0.25, -0.2) is 0 Å². The van der Waals surface area contributed by atoms with E-state index < -0.39 is 0 Å². The summed E-state index contributed by atoms with van der Waals surface area (Å²) in [6.07, 6.45) is 9.09. The van der Waals surface area contributed by atoms with Crippen molar-refractivity contribution in [1.29, 1.82) is 0 Å². The van der Waals surface area contributed by atoms with E-state index >= 15 is 0 Å². The first kappa shape index (κ1) is 27.3. The van der Waals surface area contributed by atoms with Crippen LogP contribution in [-0.4, -0.2) is 13.5 Å². The zero-order valence-corrected chi connectivity index (χ0v) is 27.8. The van der Waals surface area contributed by atoms with E-state index in [2.05, 4.69) is 177 Å². The molecular weight excluding hydrogens is 619 g/mol. The molecule has 3 nitrogen and oxygen atoms in total. The van der Waals surface area contributed by atoms with E-state index in [4.69, 9.17) is 0 Å². The van der Waals surface area contributed by atoms with Crippen LogP contribution in [0, 0.1) is 0 Å². The molecule has 0 saturated heterocycles.